The molecule has 4 rings (SSSR count). The van der Waals surface area contributed by atoms with Crippen LogP contribution in [0.25, 0.3) is 10.1 Å². The minimum Gasteiger partial charge on any atom is -0.423 e. The highest BCUT2D eigenvalue weighted by molar-refractivity contribution is 7.21. The van der Waals surface area contributed by atoms with Gasteiger partial charge in [0, 0.05) is 15.1 Å². The number of carbonyl (C=O) groups is 3. The Bertz CT molecular complexity index is 1430. The highest BCUT2D eigenvalue weighted by atomic mass is 35.5. The van der Waals surface area contributed by atoms with Crippen molar-refractivity contribution in [2.75, 3.05) is 6.54 Å². The van der Waals surface area contributed by atoms with Crippen molar-refractivity contribution in [2.45, 2.75) is 0 Å². The van der Waals surface area contributed by atoms with Crippen LogP contribution in [0.3, 0.4) is 0 Å². The Morgan fingerprint density at radius 1 is 0.971 bits per heavy atom. The third-order valence-electron chi connectivity index (χ3n) is 4.70. The smallest absolute Gasteiger partial charge is 0.343 e. The first kappa shape index (κ1) is 24.4. The van der Waals surface area contributed by atoms with Gasteiger partial charge < -0.3 is 10.1 Å². The SMILES string of the molecule is O=C(CNC(=O)c1sc2ccccc2c1Cl)N/N=C/c1ccc(OC(=O)c2cccc(Cl)c2)cc1. The van der Waals surface area contributed by atoms with E-state index in [-0.39, 0.29) is 6.54 Å². The van der Waals surface area contributed by atoms with E-state index in [1.54, 1.807) is 42.5 Å². The van der Waals surface area contributed by atoms with Gasteiger partial charge in [0.2, 0.25) is 0 Å². The highest BCUT2D eigenvalue weighted by Crippen LogP contribution is 2.34. The van der Waals surface area contributed by atoms with Crippen LogP contribution in [0.4, 0.5) is 0 Å². The maximum Gasteiger partial charge on any atom is 0.343 e. The largest absolute Gasteiger partial charge is 0.423 e. The van der Waals surface area contributed by atoms with Gasteiger partial charge in [-0.05, 0) is 54.1 Å². The molecule has 176 valence electrons. The summed E-state index contributed by atoms with van der Waals surface area (Å²) in [4.78, 5) is 36.9. The molecule has 0 fully saturated rings. The lowest BCUT2D eigenvalue weighted by Crippen LogP contribution is -2.34. The monoisotopic (exact) mass is 525 g/mol. The fourth-order valence-electron chi connectivity index (χ4n) is 3.02. The Morgan fingerprint density at radius 2 is 1.74 bits per heavy atom. The number of fused-ring (bicyclic) bond motifs is 1. The van der Waals surface area contributed by atoms with E-state index in [1.807, 2.05) is 24.3 Å². The number of benzene rings is 3. The third-order valence-corrected chi connectivity index (χ3v) is 6.61. The van der Waals surface area contributed by atoms with E-state index >= 15 is 0 Å². The van der Waals surface area contributed by atoms with Crippen molar-refractivity contribution >= 4 is 68.6 Å². The Hall–Kier alpha value is -3.72. The number of thiophene rings is 1. The van der Waals surface area contributed by atoms with E-state index in [1.165, 1.54) is 23.6 Å². The van der Waals surface area contributed by atoms with Crippen molar-refractivity contribution in [3.63, 3.8) is 0 Å². The molecule has 4 aromatic rings. The van der Waals surface area contributed by atoms with Gasteiger partial charge in [0.25, 0.3) is 11.8 Å². The van der Waals surface area contributed by atoms with Gasteiger partial charge in [-0.25, -0.2) is 10.2 Å². The first-order valence-electron chi connectivity index (χ1n) is 10.3. The number of esters is 1. The second kappa shape index (κ2) is 11.1. The van der Waals surface area contributed by atoms with Crippen molar-refractivity contribution in [1.82, 2.24) is 10.7 Å². The normalized spacial score (nSPS) is 10.9. The van der Waals surface area contributed by atoms with Crippen LogP contribution in [-0.4, -0.2) is 30.5 Å². The van der Waals surface area contributed by atoms with E-state index < -0.39 is 17.8 Å². The predicted molar refractivity (Wildman–Crippen MR) is 138 cm³/mol. The maximum absolute atomic E-state index is 12.4. The Kier molecular flexibility index (Phi) is 7.77. The predicted octanol–water partition coefficient (Wildman–Crippen LogP) is 5.31. The van der Waals surface area contributed by atoms with E-state index in [2.05, 4.69) is 15.8 Å². The van der Waals surface area contributed by atoms with E-state index in [4.69, 9.17) is 27.9 Å². The summed E-state index contributed by atoms with van der Waals surface area (Å²) in [6, 6.07) is 20.4. The summed E-state index contributed by atoms with van der Waals surface area (Å²) >= 11 is 13.4. The molecule has 0 saturated heterocycles. The maximum atomic E-state index is 12.4. The minimum absolute atomic E-state index is 0.265. The number of carbonyl (C=O) groups excluding carboxylic acids is 3. The molecule has 0 bridgehead atoms. The first-order chi connectivity index (χ1) is 16.9. The second-order valence-corrected chi connectivity index (χ2v) is 9.05. The quantitative estimate of drug-likeness (QED) is 0.148. The zero-order chi connectivity index (χ0) is 24.8. The fourth-order valence-corrected chi connectivity index (χ4v) is 4.65. The molecular formula is C25H17Cl2N3O4S. The number of hydrogen-bond acceptors (Lipinski definition) is 6. The zero-order valence-electron chi connectivity index (χ0n) is 18.0. The average Bonchev–Trinajstić information content (AvgIpc) is 3.20. The molecular weight excluding hydrogens is 509 g/mol. The van der Waals surface area contributed by atoms with Crippen LogP contribution >= 0.6 is 34.5 Å². The summed E-state index contributed by atoms with van der Waals surface area (Å²) in [5, 5.41) is 8.01. The lowest BCUT2D eigenvalue weighted by atomic mass is 10.2. The fraction of sp³-hybridized carbons (Fsp3) is 0.0400. The standard InChI is InChI=1S/C25H17Cl2N3O4S/c26-17-5-3-4-16(12-17)25(33)34-18-10-8-15(9-11-18)13-29-30-21(31)14-28-24(32)23-22(27)19-6-1-2-7-20(19)35-23/h1-13H,14H2,(H,28,32)(H,30,31)/b29-13+. The Labute approximate surface area is 214 Å². The minimum atomic E-state index is -0.528. The van der Waals surface area contributed by atoms with Gasteiger partial charge in [0.05, 0.1) is 23.3 Å². The molecule has 7 nitrogen and oxygen atoms in total. The number of hydrogen-bond donors (Lipinski definition) is 2. The summed E-state index contributed by atoms with van der Waals surface area (Å²) in [5.74, 6) is -1.11. The molecule has 10 heteroatoms. The first-order valence-corrected chi connectivity index (χ1v) is 11.8. The van der Waals surface area contributed by atoms with Crippen molar-refractivity contribution in [1.29, 1.82) is 0 Å². The third kappa shape index (κ3) is 6.24. The van der Waals surface area contributed by atoms with Gasteiger partial charge in [-0.1, -0.05) is 47.5 Å². The van der Waals surface area contributed by atoms with Crippen LogP contribution in [0.5, 0.6) is 5.75 Å². The van der Waals surface area contributed by atoms with Gasteiger partial charge in [0.1, 0.15) is 10.6 Å². The molecule has 0 saturated carbocycles. The van der Waals surface area contributed by atoms with Crippen molar-refractivity contribution in [2.24, 2.45) is 5.10 Å². The van der Waals surface area contributed by atoms with Gasteiger partial charge in [-0.2, -0.15) is 5.10 Å². The summed E-state index contributed by atoms with van der Waals surface area (Å²) < 4.78 is 6.20. The second-order valence-electron chi connectivity index (χ2n) is 7.19. The van der Waals surface area contributed by atoms with E-state index in [0.717, 1.165) is 10.1 Å². The Balaban J connectivity index is 1.25. The summed E-state index contributed by atoms with van der Waals surface area (Å²) in [6.45, 7) is -0.265. The zero-order valence-corrected chi connectivity index (χ0v) is 20.3. The molecule has 1 heterocycles. The van der Waals surface area contributed by atoms with Gasteiger partial charge in [0.15, 0.2) is 0 Å². The number of amides is 2. The molecule has 3 aromatic carbocycles. The average molecular weight is 526 g/mol. The number of nitrogens with zero attached hydrogens (tertiary/aromatic N) is 1. The molecule has 0 spiro atoms. The lowest BCUT2D eigenvalue weighted by molar-refractivity contribution is -0.120. The molecule has 2 amide bonds. The molecule has 0 unspecified atom stereocenters. The number of hydrazone groups is 1. The topological polar surface area (TPSA) is 96.9 Å². The van der Waals surface area contributed by atoms with E-state index in [0.29, 0.717) is 31.8 Å². The van der Waals surface area contributed by atoms with Gasteiger partial charge in [-0.3, -0.25) is 9.59 Å². The molecule has 0 aliphatic heterocycles. The number of nitrogens with one attached hydrogen (secondary N) is 2. The molecule has 0 aliphatic carbocycles. The Morgan fingerprint density at radius 3 is 2.49 bits per heavy atom. The van der Waals surface area contributed by atoms with Crippen LogP contribution in [0, 0.1) is 0 Å². The van der Waals surface area contributed by atoms with Crippen LogP contribution in [0.2, 0.25) is 10.0 Å². The molecule has 0 atom stereocenters. The summed E-state index contributed by atoms with van der Waals surface area (Å²) in [7, 11) is 0. The van der Waals surface area contributed by atoms with Crippen molar-refractivity contribution < 1.29 is 19.1 Å². The van der Waals surface area contributed by atoms with Crippen molar-refractivity contribution in [3.05, 3.63) is 98.8 Å². The summed E-state index contributed by atoms with van der Waals surface area (Å²) in [6.07, 6.45) is 1.42. The molecule has 0 radical (unpaired) electrons. The van der Waals surface area contributed by atoms with Crippen LogP contribution < -0.4 is 15.5 Å². The van der Waals surface area contributed by atoms with Crippen LogP contribution in [0.15, 0.2) is 77.9 Å². The van der Waals surface area contributed by atoms with E-state index in [9.17, 15) is 14.4 Å². The van der Waals surface area contributed by atoms with Gasteiger partial charge >= 0.3 is 5.97 Å². The number of rotatable bonds is 7. The number of ether oxygens (including phenoxy) is 1. The molecule has 2 N–H and O–H groups in total. The molecule has 0 aliphatic rings. The van der Waals surface area contributed by atoms with Crippen LogP contribution in [-0.2, 0) is 4.79 Å². The molecule has 35 heavy (non-hydrogen) atoms. The van der Waals surface area contributed by atoms with Crippen molar-refractivity contribution in [3.8, 4) is 5.75 Å². The van der Waals surface area contributed by atoms with Gasteiger partial charge in [-0.15, -0.1) is 11.3 Å². The molecule has 1 aromatic heterocycles. The summed E-state index contributed by atoms with van der Waals surface area (Å²) in [5.41, 5.74) is 3.34. The lowest BCUT2D eigenvalue weighted by Gasteiger charge is -2.05. The van der Waals surface area contributed by atoms with Crippen LogP contribution in [0.1, 0.15) is 25.6 Å². The number of halogens is 2. The highest BCUT2D eigenvalue weighted by Gasteiger charge is 2.17.